The molecule has 1 aromatic carbocycles. The number of nitrogens with one attached hydrogen (secondary N) is 2. The van der Waals surface area contributed by atoms with Gasteiger partial charge in [-0.15, -0.1) is 13.2 Å². The molecule has 0 bridgehead atoms. The number of primary amides is 1. The molecule has 0 aliphatic rings. The molecule has 4 N–H and O–H groups in total. The molecule has 0 aliphatic heterocycles. The molecule has 10 nitrogen and oxygen atoms in total. The lowest BCUT2D eigenvalue weighted by atomic mass is 10.1. The number of nitrogens with zero attached hydrogens (tertiary/aromatic N) is 2. The van der Waals surface area contributed by atoms with Crippen molar-refractivity contribution in [1.29, 1.82) is 0 Å². The number of carbonyl (C=O) groups excluding carboxylic acids is 2. The number of rotatable bonds is 16. The highest BCUT2D eigenvalue weighted by molar-refractivity contribution is 5.80. The van der Waals surface area contributed by atoms with Crippen molar-refractivity contribution in [3.63, 3.8) is 0 Å². The van der Waals surface area contributed by atoms with E-state index in [0.29, 0.717) is 41.5 Å². The summed E-state index contributed by atoms with van der Waals surface area (Å²) in [6.07, 6.45) is 4.10. The van der Waals surface area contributed by atoms with E-state index in [2.05, 4.69) is 29.7 Å². The maximum Gasteiger partial charge on any atom is 0.573 e. The van der Waals surface area contributed by atoms with Crippen LogP contribution in [0.3, 0.4) is 0 Å². The molecule has 2 amide bonds. The summed E-state index contributed by atoms with van der Waals surface area (Å²) < 4.78 is 51.4. The fourth-order valence-electron chi connectivity index (χ4n) is 3.80. The van der Waals surface area contributed by atoms with Crippen molar-refractivity contribution in [2.24, 2.45) is 5.73 Å². The van der Waals surface area contributed by atoms with E-state index in [-0.39, 0.29) is 18.3 Å². The Bertz CT molecular complexity index is 1200. The van der Waals surface area contributed by atoms with E-state index in [1.807, 2.05) is 0 Å². The number of aromatic nitrogens is 3. The van der Waals surface area contributed by atoms with Gasteiger partial charge in [-0.3, -0.25) is 4.79 Å². The first-order valence-corrected chi connectivity index (χ1v) is 12.7. The SMILES string of the molecule is NC(=O)OCCCCCCCCCCNC(=O)COc1ccc(-c2nc3cc(OC(F)(F)F)ccc3[nH]2)nc1. The second-order valence-corrected chi connectivity index (χ2v) is 8.83. The number of ether oxygens (including phenoxy) is 3. The van der Waals surface area contributed by atoms with Gasteiger partial charge in [0.2, 0.25) is 0 Å². The summed E-state index contributed by atoms with van der Waals surface area (Å²) in [5, 5.41) is 2.83. The summed E-state index contributed by atoms with van der Waals surface area (Å²) in [7, 11) is 0. The Kier molecular flexibility index (Phi) is 11.2. The highest BCUT2D eigenvalue weighted by Crippen LogP contribution is 2.27. The minimum Gasteiger partial charge on any atom is -0.482 e. The van der Waals surface area contributed by atoms with Crippen LogP contribution in [0, 0.1) is 0 Å². The highest BCUT2D eigenvalue weighted by Gasteiger charge is 2.31. The number of halogens is 3. The number of alkyl halides is 3. The Labute approximate surface area is 223 Å². The van der Waals surface area contributed by atoms with Gasteiger partial charge < -0.3 is 30.2 Å². The number of pyridine rings is 1. The molecule has 0 saturated heterocycles. The van der Waals surface area contributed by atoms with Crippen LogP contribution in [0.2, 0.25) is 0 Å². The van der Waals surface area contributed by atoms with Crippen LogP contribution in [0.5, 0.6) is 11.5 Å². The number of amides is 2. The molecule has 3 rings (SSSR count). The van der Waals surface area contributed by atoms with Crippen molar-refractivity contribution >= 4 is 23.0 Å². The number of hydrogen-bond donors (Lipinski definition) is 3. The molecule has 0 radical (unpaired) electrons. The van der Waals surface area contributed by atoms with Crippen LogP contribution in [0.1, 0.15) is 51.4 Å². The Morgan fingerprint density at radius 1 is 0.949 bits per heavy atom. The molecular weight excluding hydrogens is 519 g/mol. The fourth-order valence-corrected chi connectivity index (χ4v) is 3.80. The van der Waals surface area contributed by atoms with E-state index in [1.165, 1.54) is 24.4 Å². The standard InChI is InChI=1S/C26H32F3N5O5/c27-26(28,29)39-18-9-11-20-22(15-18)34-24(33-20)21-12-10-19(16-32-21)38-17-23(35)31-13-7-5-3-1-2-4-6-8-14-37-25(30)36/h9-12,15-16H,1-8,13-14,17H2,(H2,30,36)(H,31,35)(H,33,34). The van der Waals surface area contributed by atoms with Gasteiger partial charge in [-0.25, -0.2) is 14.8 Å². The zero-order valence-electron chi connectivity index (χ0n) is 21.4. The first-order chi connectivity index (χ1) is 18.7. The highest BCUT2D eigenvalue weighted by atomic mass is 19.4. The number of aromatic amines is 1. The molecule has 212 valence electrons. The first-order valence-electron chi connectivity index (χ1n) is 12.7. The molecule has 2 heterocycles. The molecule has 2 aromatic heterocycles. The van der Waals surface area contributed by atoms with E-state index in [4.69, 9.17) is 10.5 Å². The molecule has 0 spiro atoms. The van der Waals surface area contributed by atoms with Crippen molar-refractivity contribution in [3.8, 4) is 23.0 Å². The minimum absolute atomic E-state index is 0.146. The first kappa shape index (κ1) is 29.5. The monoisotopic (exact) mass is 551 g/mol. The average molecular weight is 552 g/mol. The van der Waals surface area contributed by atoms with Crippen LogP contribution in [0.25, 0.3) is 22.6 Å². The second-order valence-electron chi connectivity index (χ2n) is 8.83. The minimum atomic E-state index is -4.78. The number of hydrogen-bond acceptors (Lipinski definition) is 7. The largest absolute Gasteiger partial charge is 0.573 e. The van der Waals surface area contributed by atoms with Crippen molar-refractivity contribution in [2.45, 2.75) is 57.7 Å². The summed E-state index contributed by atoms with van der Waals surface area (Å²) in [6, 6.07) is 7.09. The van der Waals surface area contributed by atoms with Gasteiger partial charge in [0.25, 0.3) is 5.91 Å². The smallest absolute Gasteiger partial charge is 0.482 e. The van der Waals surface area contributed by atoms with Gasteiger partial charge in [-0.2, -0.15) is 0 Å². The molecule has 3 aromatic rings. The Morgan fingerprint density at radius 3 is 2.31 bits per heavy atom. The van der Waals surface area contributed by atoms with Crippen molar-refractivity contribution in [3.05, 3.63) is 36.5 Å². The number of benzene rings is 1. The average Bonchev–Trinajstić information content (AvgIpc) is 3.30. The normalized spacial score (nSPS) is 11.4. The van der Waals surface area contributed by atoms with Crippen LogP contribution < -0.4 is 20.5 Å². The van der Waals surface area contributed by atoms with Crippen molar-refractivity contribution in [1.82, 2.24) is 20.3 Å². The summed E-state index contributed by atoms with van der Waals surface area (Å²) in [5.74, 6) is 0.174. The number of nitrogens with two attached hydrogens (primary N) is 1. The third-order valence-electron chi connectivity index (χ3n) is 5.67. The Morgan fingerprint density at radius 2 is 1.64 bits per heavy atom. The molecule has 0 aliphatic carbocycles. The van der Waals surface area contributed by atoms with E-state index in [9.17, 15) is 22.8 Å². The van der Waals surface area contributed by atoms with Gasteiger partial charge in [-0.05, 0) is 37.1 Å². The van der Waals surface area contributed by atoms with Crippen molar-refractivity contribution in [2.75, 3.05) is 19.8 Å². The molecule has 13 heteroatoms. The summed E-state index contributed by atoms with van der Waals surface area (Å²) in [6.45, 7) is 0.804. The summed E-state index contributed by atoms with van der Waals surface area (Å²) in [4.78, 5) is 34.0. The fraction of sp³-hybridized carbons (Fsp3) is 0.462. The Hall–Kier alpha value is -4.03. The molecule has 0 saturated carbocycles. The lowest BCUT2D eigenvalue weighted by molar-refractivity contribution is -0.274. The van der Waals surface area contributed by atoms with Crippen LogP contribution >= 0.6 is 0 Å². The van der Waals surface area contributed by atoms with Gasteiger partial charge in [-0.1, -0.05) is 38.5 Å². The maximum absolute atomic E-state index is 12.4. The van der Waals surface area contributed by atoms with E-state index >= 15 is 0 Å². The summed E-state index contributed by atoms with van der Waals surface area (Å²) >= 11 is 0. The van der Waals surface area contributed by atoms with Crippen molar-refractivity contribution < 1.29 is 37.0 Å². The van der Waals surface area contributed by atoms with Gasteiger partial charge in [0.05, 0.1) is 23.8 Å². The zero-order chi connectivity index (χ0) is 28.1. The topological polar surface area (TPSA) is 141 Å². The van der Waals surface area contributed by atoms with Crippen LogP contribution in [-0.4, -0.2) is 53.1 Å². The van der Waals surface area contributed by atoms with Crippen LogP contribution in [0.4, 0.5) is 18.0 Å². The number of H-pyrrole nitrogens is 1. The summed E-state index contributed by atoms with van der Waals surface area (Å²) in [5.41, 5.74) is 6.19. The van der Waals surface area contributed by atoms with Gasteiger partial charge in [0.15, 0.2) is 12.4 Å². The third-order valence-corrected chi connectivity index (χ3v) is 5.67. The lowest BCUT2D eigenvalue weighted by Gasteiger charge is -2.08. The Balaban J connectivity index is 1.29. The molecule has 0 atom stereocenters. The maximum atomic E-state index is 12.4. The number of imidazole rings is 1. The zero-order valence-corrected chi connectivity index (χ0v) is 21.4. The molecule has 0 fully saturated rings. The lowest BCUT2D eigenvalue weighted by Crippen LogP contribution is -2.29. The molecule has 39 heavy (non-hydrogen) atoms. The number of carbonyl (C=O) groups is 2. The predicted molar refractivity (Wildman–Crippen MR) is 137 cm³/mol. The van der Waals surface area contributed by atoms with Gasteiger partial charge in [0.1, 0.15) is 17.2 Å². The third kappa shape index (κ3) is 11.1. The van der Waals surface area contributed by atoms with Crippen LogP contribution in [0.15, 0.2) is 36.5 Å². The molecular formula is C26H32F3N5O5. The van der Waals surface area contributed by atoms with E-state index < -0.39 is 12.5 Å². The number of unbranched alkanes of at least 4 members (excludes halogenated alkanes) is 7. The van der Waals surface area contributed by atoms with E-state index in [0.717, 1.165) is 51.4 Å². The molecule has 0 unspecified atom stereocenters. The number of fused-ring (bicyclic) bond motifs is 1. The second kappa shape index (κ2) is 14.8. The predicted octanol–water partition coefficient (Wildman–Crippen LogP) is 5.23. The van der Waals surface area contributed by atoms with Crippen LogP contribution in [-0.2, 0) is 9.53 Å². The van der Waals surface area contributed by atoms with Gasteiger partial charge >= 0.3 is 12.5 Å². The van der Waals surface area contributed by atoms with Gasteiger partial charge in [0, 0.05) is 12.6 Å². The quantitative estimate of drug-likeness (QED) is 0.207. The van der Waals surface area contributed by atoms with E-state index in [1.54, 1.807) is 12.1 Å².